The van der Waals surface area contributed by atoms with E-state index in [1.165, 1.54) is 0 Å². The molecule has 5 nitrogen and oxygen atoms in total. The maximum atomic E-state index is 12.5. The van der Waals surface area contributed by atoms with E-state index >= 15 is 0 Å². The van der Waals surface area contributed by atoms with Gasteiger partial charge in [0, 0.05) is 18.7 Å². The van der Waals surface area contributed by atoms with Crippen LogP contribution in [0.5, 0.6) is 5.75 Å². The number of amides is 1. The first-order valence-corrected chi connectivity index (χ1v) is 8.91. The van der Waals surface area contributed by atoms with Crippen molar-refractivity contribution >= 4 is 11.9 Å². The number of benzene rings is 2. The molecule has 0 saturated carbocycles. The molecule has 3 rings (SSSR count). The smallest absolute Gasteiger partial charge is 0.307 e. The van der Waals surface area contributed by atoms with Gasteiger partial charge in [0.1, 0.15) is 11.9 Å². The largest absolute Gasteiger partial charge is 0.490 e. The molecule has 1 aliphatic rings. The molecule has 2 aromatic carbocycles. The molecule has 136 valence electrons. The summed E-state index contributed by atoms with van der Waals surface area (Å²) in [6.45, 7) is 1.24. The first-order valence-electron chi connectivity index (χ1n) is 8.91. The average Bonchev–Trinajstić information content (AvgIpc) is 2.68. The van der Waals surface area contributed by atoms with Crippen LogP contribution in [0.4, 0.5) is 0 Å². The topological polar surface area (TPSA) is 66.8 Å². The molecule has 1 amide bonds. The zero-order valence-corrected chi connectivity index (χ0v) is 14.6. The Balaban J connectivity index is 1.62. The molecule has 1 saturated heterocycles. The van der Waals surface area contributed by atoms with Crippen LogP contribution < -0.4 is 4.74 Å². The van der Waals surface area contributed by atoms with Crippen LogP contribution in [0.25, 0.3) is 0 Å². The predicted molar refractivity (Wildman–Crippen MR) is 98.2 cm³/mol. The number of carbonyl (C=O) groups is 2. The van der Waals surface area contributed by atoms with Crippen molar-refractivity contribution in [2.45, 2.75) is 25.4 Å². The Morgan fingerprint density at radius 2 is 1.58 bits per heavy atom. The van der Waals surface area contributed by atoms with E-state index in [2.05, 4.69) is 0 Å². The van der Waals surface area contributed by atoms with E-state index < -0.39 is 5.97 Å². The molecule has 1 aliphatic heterocycles. The third-order valence-corrected chi connectivity index (χ3v) is 4.78. The Morgan fingerprint density at radius 3 is 2.15 bits per heavy atom. The minimum Gasteiger partial charge on any atom is -0.490 e. The van der Waals surface area contributed by atoms with Gasteiger partial charge in [0.15, 0.2) is 0 Å². The number of likely N-dealkylation sites (tertiary alicyclic amines) is 1. The van der Waals surface area contributed by atoms with E-state index in [4.69, 9.17) is 4.74 Å². The van der Waals surface area contributed by atoms with Crippen LogP contribution in [0.3, 0.4) is 0 Å². The highest BCUT2D eigenvalue weighted by atomic mass is 16.5. The van der Waals surface area contributed by atoms with E-state index in [-0.39, 0.29) is 24.3 Å². The van der Waals surface area contributed by atoms with Crippen molar-refractivity contribution in [1.82, 2.24) is 4.90 Å². The number of hydrogen-bond acceptors (Lipinski definition) is 3. The third kappa shape index (κ3) is 4.63. The second kappa shape index (κ2) is 8.52. The SMILES string of the molecule is O=C(O)CC(Oc1ccccc1)C1CCN(C(=O)c2ccccc2)CC1. The standard InChI is InChI=1S/C21H23NO4/c23-20(24)15-19(26-18-9-5-2-6-10-18)16-11-13-22(14-12-16)21(25)17-7-3-1-4-8-17/h1-10,16,19H,11-15H2,(H,23,24). The van der Waals surface area contributed by atoms with E-state index in [9.17, 15) is 14.7 Å². The lowest BCUT2D eigenvalue weighted by molar-refractivity contribution is -0.139. The number of aliphatic carboxylic acids is 1. The molecule has 1 unspecified atom stereocenters. The first-order chi connectivity index (χ1) is 12.6. The second-order valence-electron chi connectivity index (χ2n) is 6.56. The van der Waals surface area contributed by atoms with Crippen LogP contribution in [-0.4, -0.2) is 41.1 Å². The van der Waals surface area contributed by atoms with Crippen LogP contribution in [0, 0.1) is 5.92 Å². The molecule has 0 bridgehead atoms. The van der Waals surface area contributed by atoms with Crippen molar-refractivity contribution in [2.24, 2.45) is 5.92 Å². The number of piperidine rings is 1. The number of carboxylic acid groups (broad SMARTS) is 1. The predicted octanol–water partition coefficient (Wildman–Crippen LogP) is 3.46. The van der Waals surface area contributed by atoms with Crippen LogP contribution in [0.2, 0.25) is 0 Å². The van der Waals surface area contributed by atoms with E-state index in [1.54, 1.807) is 0 Å². The van der Waals surface area contributed by atoms with Gasteiger partial charge in [-0.25, -0.2) is 0 Å². The molecule has 0 spiro atoms. The quantitative estimate of drug-likeness (QED) is 0.864. The summed E-state index contributed by atoms with van der Waals surface area (Å²) in [5.74, 6) is -0.0378. The second-order valence-corrected chi connectivity index (χ2v) is 6.56. The Kier molecular flexibility index (Phi) is 5.89. The van der Waals surface area contributed by atoms with Gasteiger partial charge in [0.2, 0.25) is 0 Å². The summed E-state index contributed by atoms with van der Waals surface area (Å²) in [7, 11) is 0. The van der Waals surface area contributed by atoms with Gasteiger partial charge in [-0.15, -0.1) is 0 Å². The molecule has 1 N–H and O–H groups in total. The molecular formula is C21H23NO4. The summed E-state index contributed by atoms with van der Waals surface area (Å²) in [6, 6.07) is 18.6. The van der Waals surface area contributed by atoms with Gasteiger partial charge < -0.3 is 14.7 Å². The zero-order chi connectivity index (χ0) is 18.4. The molecule has 2 aromatic rings. The molecular weight excluding hydrogens is 330 g/mol. The molecule has 1 atom stereocenters. The van der Waals surface area contributed by atoms with Crippen molar-refractivity contribution in [3.63, 3.8) is 0 Å². The fourth-order valence-corrected chi connectivity index (χ4v) is 3.39. The lowest BCUT2D eigenvalue weighted by atomic mass is 9.89. The highest BCUT2D eigenvalue weighted by Crippen LogP contribution is 2.27. The Bertz CT molecular complexity index is 724. The van der Waals surface area contributed by atoms with Crippen molar-refractivity contribution in [3.05, 3.63) is 66.2 Å². The van der Waals surface area contributed by atoms with Crippen LogP contribution >= 0.6 is 0 Å². The Labute approximate surface area is 153 Å². The number of para-hydroxylation sites is 1. The molecule has 26 heavy (non-hydrogen) atoms. The third-order valence-electron chi connectivity index (χ3n) is 4.78. The monoisotopic (exact) mass is 353 g/mol. The van der Waals surface area contributed by atoms with E-state index in [0.29, 0.717) is 24.4 Å². The lowest BCUT2D eigenvalue weighted by Crippen LogP contribution is -2.43. The summed E-state index contributed by atoms with van der Waals surface area (Å²) in [5.41, 5.74) is 0.688. The van der Waals surface area contributed by atoms with Gasteiger partial charge in [0.05, 0.1) is 6.42 Å². The van der Waals surface area contributed by atoms with E-state index in [1.807, 2.05) is 65.6 Å². The average molecular weight is 353 g/mol. The van der Waals surface area contributed by atoms with Crippen LogP contribution in [0.15, 0.2) is 60.7 Å². The molecule has 1 heterocycles. The zero-order valence-electron chi connectivity index (χ0n) is 14.6. The Hall–Kier alpha value is -2.82. The van der Waals surface area contributed by atoms with Crippen LogP contribution in [-0.2, 0) is 4.79 Å². The minimum atomic E-state index is -0.867. The summed E-state index contributed by atoms with van der Waals surface area (Å²) in [4.78, 5) is 25.6. The number of carbonyl (C=O) groups excluding carboxylic acids is 1. The van der Waals surface area contributed by atoms with Gasteiger partial charge in [-0.3, -0.25) is 9.59 Å². The van der Waals surface area contributed by atoms with Gasteiger partial charge >= 0.3 is 5.97 Å². The van der Waals surface area contributed by atoms with Gasteiger partial charge in [-0.1, -0.05) is 36.4 Å². The Morgan fingerprint density at radius 1 is 1.00 bits per heavy atom. The van der Waals surface area contributed by atoms with Crippen LogP contribution in [0.1, 0.15) is 29.6 Å². The van der Waals surface area contributed by atoms with E-state index in [0.717, 1.165) is 12.8 Å². The highest BCUT2D eigenvalue weighted by molar-refractivity contribution is 5.94. The molecule has 5 heteroatoms. The van der Waals surface area contributed by atoms with Crippen molar-refractivity contribution in [1.29, 1.82) is 0 Å². The van der Waals surface area contributed by atoms with Gasteiger partial charge in [-0.2, -0.15) is 0 Å². The number of ether oxygens (including phenoxy) is 1. The molecule has 0 aromatic heterocycles. The van der Waals surface area contributed by atoms with Gasteiger partial charge in [0.25, 0.3) is 5.91 Å². The first kappa shape index (κ1) is 18.0. The maximum Gasteiger partial charge on any atom is 0.307 e. The fourth-order valence-electron chi connectivity index (χ4n) is 3.39. The lowest BCUT2D eigenvalue weighted by Gasteiger charge is -2.35. The number of rotatable bonds is 6. The maximum absolute atomic E-state index is 12.5. The normalized spacial score (nSPS) is 16.1. The molecule has 1 fully saturated rings. The number of nitrogens with zero attached hydrogens (tertiary/aromatic N) is 1. The number of carboxylic acids is 1. The fraction of sp³-hybridized carbons (Fsp3) is 0.333. The minimum absolute atomic E-state index is 0.0304. The highest BCUT2D eigenvalue weighted by Gasteiger charge is 2.31. The molecule has 0 radical (unpaired) electrons. The van der Waals surface area contributed by atoms with Crippen molar-refractivity contribution < 1.29 is 19.4 Å². The summed E-state index contributed by atoms with van der Waals surface area (Å²) in [5, 5.41) is 9.24. The molecule has 0 aliphatic carbocycles. The number of hydrogen-bond donors (Lipinski definition) is 1. The summed E-state index contributed by atoms with van der Waals surface area (Å²) >= 11 is 0. The van der Waals surface area contributed by atoms with Crippen molar-refractivity contribution in [2.75, 3.05) is 13.1 Å². The summed E-state index contributed by atoms with van der Waals surface area (Å²) in [6.07, 6.45) is 1.06. The van der Waals surface area contributed by atoms with Gasteiger partial charge in [-0.05, 0) is 43.0 Å². The van der Waals surface area contributed by atoms with Crippen molar-refractivity contribution in [3.8, 4) is 5.75 Å². The summed E-state index contributed by atoms with van der Waals surface area (Å²) < 4.78 is 5.96.